The van der Waals surface area contributed by atoms with Gasteiger partial charge in [0.15, 0.2) is 4.67 Å². The van der Waals surface area contributed by atoms with Gasteiger partial charge in [-0.3, -0.25) is 0 Å². The van der Waals surface area contributed by atoms with Crippen LogP contribution < -0.4 is 11.0 Å². The van der Waals surface area contributed by atoms with Crippen LogP contribution in [-0.4, -0.2) is 17.0 Å². The molecule has 0 radical (unpaired) electrons. The Bertz CT molecular complexity index is 818. The summed E-state index contributed by atoms with van der Waals surface area (Å²) in [4.78, 5) is 16.9. The van der Waals surface area contributed by atoms with Gasteiger partial charge < -0.3 is 19.7 Å². The van der Waals surface area contributed by atoms with Gasteiger partial charge in [-0.05, 0) is 52.8 Å². The molecule has 0 aliphatic rings. The summed E-state index contributed by atoms with van der Waals surface area (Å²) in [7, 11) is 1.86. The van der Waals surface area contributed by atoms with Crippen molar-refractivity contribution in [2.24, 2.45) is 0 Å². The molecule has 0 bridgehead atoms. The molecule has 20 heavy (non-hydrogen) atoms. The third-order valence-corrected chi connectivity index (χ3v) is 4.22. The molecule has 1 unspecified atom stereocenters. The lowest BCUT2D eigenvalue weighted by atomic mass is 10.0. The number of aromatic nitrogens is 2. The van der Waals surface area contributed by atoms with Crippen LogP contribution in [0.1, 0.15) is 17.4 Å². The summed E-state index contributed by atoms with van der Waals surface area (Å²) in [6, 6.07) is 7.45. The molecule has 0 spiro atoms. The van der Waals surface area contributed by atoms with Gasteiger partial charge >= 0.3 is 5.69 Å². The van der Waals surface area contributed by atoms with Crippen LogP contribution in [0.3, 0.4) is 0 Å². The molecule has 104 valence electrons. The zero-order chi connectivity index (χ0) is 14.3. The fraction of sp³-hybridized carbons (Fsp3) is 0.154. The predicted octanol–water partition coefficient (Wildman–Crippen LogP) is 3.28. The van der Waals surface area contributed by atoms with E-state index in [1.165, 1.54) is 0 Å². The van der Waals surface area contributed by atoms with Crippen LogP contribution in [-0.2, 0) is 0 Å². The maximum atomic E-state index is 11.4. The van der Waals surface area contributed by atoms with Crippen molar-refractivity contribution in [2.75, 3.05) is 7.05 Å². The van der Waals surface area contributed by atoms with Crippen LogP contribution in [0.25, 0.3) is 11.0 Å². The van der Waals surface area contributed by atoms with Gasteiger partial charge in [0.05, 0.1) is 17.1 Å². The second kappa shape index (κ2) is 5.23. The van der Waals surface area contributed by atoms with Gasteiger partial charge in [0.2, 0.25) is 0 Å². The predicted molar refractivity (Wildman–Crippen MR) is 83.9 cm³/mol. The first-order valence-electron chi connectivity index (χ1n) is 5.92. The average Bonchev–Trinajstić information content (AvgIpc) is 2.96. The molecule has 0 fully saturated rings. The van der Waals surface area contributed by atoms with Crippen molar-refractivity contribution in [1.29, 1.82) is 0 Å². The molecule has 3 aromatic rings. The summed E-state index contributed by atoms with van der Waals surface area (Å²) in [6.07, 6.45) is 0. The molecule has 1 atom stereocenters. The zero-order valence-electron chi connectivity index (χ0n) is 10.5. The Hall–Kier alpha value is -1.31. The van der Waals surface area contributed by atoms with E-state index in [0.717, 1.165) is 26.8 Å². The number of hydrogen-bond acceptors (Lipinski definition) is 3. The first-order valence-corrected chi connectivity index (χ1v) is 7.51. The summed E-state index contributed by atoms with van der Waals surface area (Å²) in [6.45, 7) is 0. The first kappa shape index (κ1) is 13.7. The van der Waals surface area contributed by atoms with E-state index in [4.69, 9.17) is 4.42 Å². The van der Waals surface area contributed by atoms with Crippen LogP contribution in [0.5, 0.6) is 0 Å². The Balaban J connectivity index is 2.15. The number of nitrogens with one attached hydrogen (secondary N) is 3. The van der Waals surface area contributed by atoms with E-state index >= 15 is 0 Å². The summed E-state index contributed by atoms with van der Waals surface area (Å²) < 4.78 is 7.19. The van der Waals surface area contributed by atoms with Crippen molar-refractivity contribution in [3.05, 3.63) is 55.2 Å². The lowest BCUT2D eigenvalue weighted by Gasteiger charge is -2.16. The Morgan fingerprint density at radius 3 is 2.50 bits per heavy atom. The van der Waals surface area contributed by atoms with E-state index < -0.39 is 0 Å². The van der Waals surface area contributed by atoms with Gasteiger partial charge in [-0.2, -0.15) is 0 Å². The fourth-order valence-corrected chi connectivity index (χ4v) is 3.12. The molecule has 7 heteroatoms. The highest BCUT2D eigenvalue weighted by Gasteiger charge is 2.19. The first-order chi connectivity index (χ1) is 9.58. The zero-order valence-corrected chi connectivity index (χ0v) is 13.6. The largest absolute Gasteiger partial charge is 0.452 e. The molecular formula is C13H11Br2N3O2. The van der Waals surface area contributed by atoms with Gasteiger partial charge in [-0.1, -0.05) is 15.9 Å². The SMILES string of the molecule is CNC(c1ccc(Br)o1)c1cc2[nH]c(=O)[nH]c2cc1Br. The maximum absolute atomic E-state index is 11.4. The molecule has 0 amide bonds. The van der Waals surface area contributed by atoms with Crippen LogP contribution >= 0.6 is 31.9 Å². The molecule has 0 saturated carbocycles. The number of rotatable bonds is 3. The van der Waals surface area contributed by atoms with E-state index in [-0.39, 0.29) is 11.7 Å². The van der Waals surface area contributed by atoms with E-state index in [0.29, 0.717) is 4.67 Å². The lowest BCUT2D eigenvalue weighted by molar-refractivity contribution is 0.446. The van der Waals surface area contributed by atoms with E-state index in [1.54, 1.807) is 0 Å². The fourth-order valence-electron chi connectivity index (χ4n) is 2.23. The van der Waals surface area contributed by atoms with Crippen LogP contribution in [0.15, 0.2) is 42.6 Å². The normalized spacial score (nSPS) is 12.9. The maximum Gasteiger partial charge on any atom is 0.323 e. The second-order valence-corrected chi connectivity index (χ2v) is 6.00. The van der Waals surface area contributed by atoms with Crippen molar-refractivity contribution in [3.8, 4) is 0 Å². The van der Waals surface area contributed by atoms with Crippen molar-refractivity contribution in [1.82, 2.24) is 15.3 Å². The topological polar surface area (TPSA) is 73.8 Å². The summed E-state index contributed by atoms with van der Waals surface area (Å²) in [5.74, 6) is 0.789. The van der Waals surface area contributed by atoms with Gasteiger partial charge in [0, 0.05) is 4.47 Å². The standard InChI is InChI=1S/C13H11Br2N3O2/c1-16-12(10-2-3-11(15)20-10)6-4-8-9(5-7(6)14)18-13(19)17-8/h2-5,12,16H,1H3,(H2,17,18,19). The number of H-pyrrole nitrogens is 2. The number of furan rings is 1. The molecule has 2 heterocycles. The minimum absolute atomic E-state index is 0.113. The third kappa shape index (κ3) is 2.36. The van der Waals surface area contributed by atoms with Crippen molar-refractivity contribution in [3.63, 3.8) is 0 Å². The lowest BCUT2D eigenvalue weighted by Crippen LogP contribution is -2.17. The molecule has 1 aromatic carbocycles. The van der Waals surface area contributed by atoms with Crippen molar-refractivity contribution in [2.45, 2.75) is 6.04 Å². The smallest absolute Gasteiger partial charge is 0.323 e. The Morgan fingerprint density at radius 1 is 1.20 bits per heavy atom. The number of benzene rings is 1. The van der Waals surface area contributed by atoms with Gasteiger partial charge in [-0.15, -0.1) is 0 Å². The van der Waals surface area contributed by atoms with Crippen molar-refractivity contribution < 1.29 is 4.42 Å². The Kier molecular flexibility index (Phi) is 3.57. The van der Waals surface area contributed by atoms with Crippen molar-refractivity contribution >= 4 is 42.9 Å². The van der Waals surface area contributed by atoms with Crippen LogP contribution in [0.4, 0.5) is 0 Å². The third-order valence-electron chi connectivity index (χ3n) is 3.11. The number of fused-ring (bicyclic) bond motifs is 1. The highest BCUT2D eigenvalue weighted by molar-refractivity contribution is 9.10. The van der Waals surface area contributed by atoms with Crippen LogP contribution in [0, 0.1) is 0 Å². The Morgan fingerprint density at radius 2 is 1.90 bits per heavy atom. The van der Waals surface area contributed by atoms with Gasteiger partial charge in [0.25, 0.3) is 0 Å². The minimum Gasteiger partial charge on any atom is -0.452 e. The van der Waals surface area contributed by atoms with Gasteiger partial charge in [0.1, 0.15) is 5.76 Å². The highest BCUT2D eigenvalue weighted by atomic mass is 79.9. The van der Waals surface area contributed by atoms with E-state index in [9.17, 15) is 4.79 Å². The molecule has 5 nitrogen and oxygen atoms in total. The van der Waals surface area contributed by atoms with E-state index in [2.05, 4.69) is 47.1 Å². The summed E-state index contributed by atoms with van der Waals surface area (Å²) >= 11 is 6.85. The van der Waals surface area contributed by atoms with Crippen LogP contribution in [0.2, 0.25) is 0 Å². The molecule has 2 aromatic heterocycles. The summed E-state index contributed by atoms with van der Waals surface area (Å²) in [5, 5.41) is 3.21. The number of hydrogen-bond donors (Lipinski definition) is 3. The highest BCUT2D eigenvalue weighted by Crippen LogP contribution is 2.32. The molecular weight excluding hydrogens is 390 g/mol. The second-order valence-electron chi connectivity index (χ2n) is 4.36. The average molecular weight is 401 g/mol. The van der Waals surface area contributed by atoms with Gasteiger partial charge in [-0.25, -0.2) is 4.79 Å². The quantitative estimate of drug-likeness (QED) is 0.631. The molecule has 0 saturated heterocycles. The molecule has 3 rings (SSSR count). The minimum atomic E-state index is -0.217. The molecule has 3 N–H and O–H groups in total. The molecule has 0 aliphatic carbocycles. The number of aromatic amines is 2. The Labute approximate surface area is 131 Å². The number of imidazole rings is 1. The number of halogens is 2. The summed E-state index contributed by atoms with van der Waals surface area (Å²) in [5.41, 5.74) is 2.29. The van der Waals surface area contributed by atoms with E-state index in [1.807, 2.05) is 31.3 Å². The monoisotopic (exact) mass is 399 g/mol. The molecule has 0 aliphatic heterocycles.